The van der Waals surface area contributed by atoms with E-state index in [2.05, 4.69) is 25.5 Å². The number of methoxy groups -OCH3 is 1. The highest BCUT2D eigenvalue weighted by molar-refractivity contribution is 5.71. The molecule has 2 aromatic heterocycles. The molecule has 0 saturated carbocycles. The van der Waals surface area contributed by atoms with E-state index < -0.39 is 6.09 Å². The third-order valence-electron chi connectivity index (χ3n) is 5.08. The van der Waals surface area contributed by atoms with Crippen molar-refractivity contribution in [3.63, 3.8) is 0 Å². The number of ether oxygens (including phenoxy) is 2. The maximum absolute atomic E-state index is 11.0. The zero-order valence-corrected chi connectivity index (χ0v) is 17.3. The number of nitriles is 1. The van der Waals surface area contributed by atoms with Crippen LogP contribution in [0.25, 0.3) is 11.3 Å². The van der Waals surface area contributed by atoms with Crippen molar-refractivity contribution >= 4 is 17.7 Å². The standard InChI is InChI=1S/C21H21N7O4/c1-31-18-8-15(32-14-4-6-28(7-5-14)21(29)30)2-3-16(18)17-9-19(27-26-17)25-20-12-23-13(10-22)11-24-20/h2-3,8-9,11-12,14H,4-7H2,1H3,(H,29,30)(H2,24,25,26,27). The highest BCUT2D eigenvalue weighted by Gasteiger charge is 2.23. The molecule has 3 aromatic rings. The molecular formula is C21H21N7O4. The molecule has 11 heteroatoms. The summed E-state index contributed by atoms with van der Waals surface area (Å²) in [5.41, 5.74) is 1.76. The van der Waals surface area contributed by atoms with Gasteiger partial charge in [-0.2, -0.15) is 10.4 Å². The number of piperidine rings is 1. The molecule has 4 rings (SSSR count). The Kier molecular flexibility index (Phi) is 6.03. The number of likely N-dealkylation sites (tertiary alicyclic amines) is 1. The van der Waals surface area contributed by atoms with E-state index in [-0.39, 0.29) is 11.8 Å². The Morgan fingerprint density at radius 3 is 2.72 bits per heavy atom. The third-order valence-corrected chi connectivity index (χ3v) is 5.08. The number of carboxylic acid groups (broad SMARTS) is 1. The fourth-order valence-electron chi connectivity index (χ4n) is 3.43. The molecule has 3 N–H and O–H groups in total. The molecule has 11 nitrogen and oxygen atoms in total. The van der Waals surface area contributed by atoms with Gasteiger partial charge >= 0.3 is 6.09 Å². The van der Waals surface area contributed by atoms with Crippen LogP contribution < -0.4 is 14.8 Å². The number of hydrogen-bond acceptors (Lipinski definition) is 8. The van der Waals surface area contributed by atoms with Gasteiger partial charge in [0.05, 0.1) is 25.2 Å². The summed E-state index contributed by atoms with van der Waals surface area (Å²) in [6.45, 7) is 0.922. The number of amides is 1. The van der Waals surface area contributed by atoms with Crippen molar-refractivity contribution in [2.75, 3.05) is 25.5 Å². The lowest BCUT2D eigenvalue weighted by Crippen LogP contribution is -2.41. The summed E-state index contributed by atoms with van der Waals surface area (Å²) in [6.07, 6.45) is 3.18. The lowest BCUT2D eigenvalue weighted by molar-refractivity contribution is 0.0894. The molecule has 1 aliphatic heterocycles. The van der Waals surface area contributed by atoms with Crippen molar-refractivity contribution in [3.05, 3.63) is 42.4 Å². The third kappa shape index (κ3) is 4.70. The van der Waals surface area contributed by atoms with Crippen LogP contribution in [0.5, 0.6) is 11.5 Å². The average molecular weight is 435 g/mol. The van der Waals surface area contributed by atoms with E-state index in [1.54, 1.807) is 19.2 Å². The predicted octanol–water partition coefficient (Wildman–Crippen LogP) is 3.01. The van der Waals surface area contributed by atoms with E-state index in [1.807, 2.05) is 18.2 Å². The van der Waals surface area contributed by atoms with Crippen LogP contribution in [0.2, 0.25) is 0 Å². The second-order valence-corrected chi connectivity index (χ2v) is 7.14. The largest absolute Gasteiger partial charge is 0.496 e. The molecule has 164 valence electrons. The lowest BCUT2D eigenvalue weighted by atomic mass is 10.1. The molecule has 32 heavy (non-hydrogen) atoms. The van der Waals surface area contributed by atoms with Gasteiger partial charge in [0.1, 0.15) is 29.5 Å². The molecule has 0 bridgehead atoms. The summed E-state index contributed by atoms with van der Waals surface area (Å²) in [4.78, 5) is 20.5. The van der Waals surface area contributed by atoms with E-state index in [1.165, 1.54) is 17.3 Å². The molecule has 0 spiro atoms. The zero-order chi connectivity index (χ0) is 22.5. The fourth-order valence-corrected chi connectivity index (χ4v) is 3.43. The summed E-state index contributed by atoms with van der Waals surface area (Å²) in [6, 6.07) is 9.25. The average Bonchev–Trinajstić information content (AvgIpc) is 3.28. The van der Waals surface area contributed by atoms with Crippen molar-refractivity contribution < 1.29 is 19.4 Å². The Labute approximate surface area is 183 Å². The molecule has 1 amide bonds. The highest BCUT2D eigenvalue weighted by atomic mass is 16.5. The van der Waals surface area contributed by atoms with Crippen LogP contribution in [0.3, 0.4) is 0 Å². The minimum absolute atomic E-state index is 0.0438. The number of H-pyrrole nitrogens is 1. The number of carbonyl (C=O) groups is 1. The summed E-state index contributed by atoms with van der Waals surface area (Å²) < 4.78 is 11.6. The lowest BCUT2D eigenvalue weighted by Gasteiger charge is -2.30. The van der Waals surface area contributed by atoms with Gasteiger partial charge in [-0.1, -0.05) is 0 Å². The Morgan fingerprint density at radius 1 is 1.25 bits per heavy atom. The Bertz CT molecular complexity index is 1130. The van der Waals surface area contributed by atoms with Crippen LogP contribution in [0.4, 0.5) is 16.4 Å². The quantitative estimate of drug-likeness (QED) is 0.531. The smallest absolute Gasteiger partial charge is 0.407 e. The SMILES string of the molecule is COc1cc(OC2CCN(C(=O)O)CC2)ccc1-c1cc(Nc2cnc(C#N)cn2)n[nH]1. The van der Waals surface area contributed by atoms with Gasteiger partial charge in [-0.15, -0.1) is 0 Å². The van der Waals surface area contributed by atoms with Gasteiger partial charge in [-0.05, 0) is 12.1 Å². The molecular weight excluding hydrogens is 414 g/mol. The molecule has 0 atom stereocenters. The first-order valence-electron chi connectivity index (χ1n) is 9.93. The molecule has 0 aliphatic carbocycles. The summed E-state index contributed by atoms with van der Waals surface area (Å²) >= 11 is 0. The molecule has 0 radical (unpaired) electrons. The number of nitrogens with zero attached hydrogens (tertiary/aromatic N) is 5. The second-order valence-electron chi connectivity index (χ2n) is 7.14. The first-order chi connectivity index (χ1) is 15.6. The Hall–Kier alpha value is -4.33. The number of aromatic amines is 1. The molecule has 1 fully saturated rings. The minimum atomic E-state index is -0.894. The van der Waals surface area contributed by atoms with Crippen LogP contribution in [-0.2, 0) is 0 Å². The van der Waals surface area contributed by atoms with Gasteiger partial charge in [0, 0.05) is 43.6 Å². The van der Waals surface area contributed by atoms with Gasteiger partial charge < -0.3 is 24.8 Å². The number of aromatic nitrogens is 4. The van der Waals surface area contributed by atoms with Crippen molar-refractivity contribution in [1.29, 1.82) is 5.26 Å². The second kappa shape index (κ2) is 9.22. The first-order valence-corrected chi connectivity index (χ1v) is 9.93. The Balaban J connectivity index is 1.44. The fraction of sp³-hybridized carbons (Fsp3) is 0.286. The number of benzene rings is 1. The van der Waals surface area contributed by atoms with Crippen LogP contribution in [0.15, 0.2) is 36.7 Å². The van der Waals surface area contributed by atoms with Gasteiger partial charge in [0.15, 0.2) is 11.5 Å². The zero-order valence-electron chi connectivity index (χ0n) is 17.3. The number of hydrogen-bond donors (Lipinski definition) is 3. The van der Waals surface area contributed by atoms with Gasteiger partial charge in [0.25, 0.3) is 0 Å². The normalized spacial score (nSPS) is 13.9. The number of anilines is 2. The van der Waals surface area contributed by atoms with E-state index in [0.717, 1.165) is 11.3 Å². The van der Waals surface area contributed by atoms with Crippen LogP contribution >= 0.6 is 0 Å². The van der Waals surface area contributed by atoms with Crippen LogP contribution in [0, 0.1) is 11.3 Å². The van der Waals surface area contributed by atoms with E-state index in [0.29, 0.717) is 49.1 Å². The Morgan fingerprint density at radius 2 is 2.06 bits per heavy atom. The molecule has 3 heterocycles. The van der Waals surface area contributed by atoms with Crippen molar-refractivity contribution in [2.45, 2.75) is 18.9 Å². The molecule has 1 aliphatic rings. The summed E-state index contributed by atoms with van der Waals surface area (Å²) in [7, 11) is 1.58. The minimum Gasteiger partial charge on any atom is -0.496 e. The van der Waals surface area contributed by atoms with Gasteiger partial charge in [-0.3, -0.25) is 5.10 Å². The number of nitrogens with one attached hydrogen (secondary N) is 2. The highest BCUT2D eigenvalue weighted by Crippen LogP contribution is 2.34. The molecule has 1 saturated heterocycles. The van der Waals surface area contributed by atoms with Crippen molar-refractivity contribution in [2.24, 2.45) is 0 Å². The van der Waals surface area contributed by atoms with E-state index in [9.17, 15) is 4.79 Å². The van der Waals surface area contributed by atoms with E-state index >= 15 is 0 Å². The van der Waals surface area contributed by atoms with Crippen LogP contribution in [-0.4, -0.2) is 62.6 Å². The predicted molar refractivity (Wildman–Crippen MR) is 114 cm³/mol. The summed E-state index contributed by atoms with van der Waals surface area (Å²) in [5, 5.41) is 28.1. The van der Waals surface area contributed by atoms with E-state index in [4.69, 9.17) is 19.8 Å². The van der Waals surface area contributed by atoms with Crippen molar-refractivity contribution in [1.82, 2.24) is 25.1 Å². The summed E-state index contributed by atoms with van der Waals surface area (Å²) in [5.74, 6) is 2.27. The van der Waals surface area contributed by atoms with Crippen LogP contribution in [0.1, 0.15) is 18.5 Å². The maximum Gasteiger partial charge on any atom is 0.407 e. The van der Waals surface area contributed by atoms with Gasteiger partial charge in [-0.25, -0.2) is 14.8 Å². The molecule has 0 unspecified atom stereocenters. The first kappa shape index (κ1) is 20.9. The number of rotatable bonds is 6. The topological polar surface area (TPSA) is 149 Å². The van der Waals surface area contributed by atoms with Gasteiger partial charge in [0.2, 0.25) is 0 Å². The monoisotopic (exact) mass is 435 g/mol. The maximum atomic E-state index is 11.0. The molecule has 1 aromatic carbocycles. The van der Waals surface area contributed by atoms with Crippen molar-refractivity contribution in [3.8, 4) is 28.8 Å².